The van der Waals surface area contributed by atoms with Crippen molar-refractivity contribution in [1.82, 2.24) is 0 Å². The molecule has 0 saturated heterocycles. The Morgan fingerprint density at radius 2 is 1.57 bits per heavy atom. The van der Waals surface area contributed by atoms with E-state index in [1.807, 2.05) is 6.07 Å². The van der Waals surface area contributed by atoms with E-state index in [0.717, 1.165) is 0 Å². The summed E-state index contributed by atoms with van der Waals surface area (Å²) in [6, 6.07) is 22.2. The number of carbonyl (C=O) groups is 1. The van der Waals surface area contributed by atoms with Crippen molar-refractivity contribution >= 4 is 27.6 Å². The maximum absolute atomic E-state index is 12.8. The number of methoxy groups -OCH3 is 1. The molecule has 0 aromatic heterocycles. The molecule has 28 heavy (non-hydrogen) atoms. The summed E-state index contributed by atoms with van der Waals surface area (Å²) in [4.78, 5) is 12.2. The van der Waals surface area contributed by atoms with E-state index >= 15 is 0 Å². The first-order valence-electron chi connectivity index (χ1n) is 8.53. The van der Waals surface area contributed by atoms with Crippen molar-refractivity contribution in [2.45, 2.75) is 4.90 Å². The van der Waals surface area contributed by atoms with E-state index in [9.17, 15) is 13.2 Å². The van der Waals surface area contributed by atoms with Crippen LogP contribution >= 0.6 is 0 Å². The monoisotopic (exact) mass is 393 g/mol. The van der Waals surface area contributed by atoms with Crippen LogP contribution in [0, 0.1) is 0 Å². The van der Waals surface area contributed by atoms with Crippen LogP contribution in [0.15, 0.2) is 89.8 Å². The SMILES string of the molecule is COc1ccc(/C=C/C(=O)c2ccccc2)cc1S(=O)(=O)Nc1ccccc1. The molecule has 0 spiro atoms. The van der Waals surface area contributed by atoms with Crippen LogP contribution < -0.4 is 9.46 Å². The van der Waals surface area contributed by atoms with E-state index in [2.05, 4.69) is 4.72 Å². The van der Waals surface area contributed by atoms with Gasteiger partial charge >= 0.3 is 0 Å². The van der Waals surface area contributed by atoms with Gasteiger partial charge in [-0.1, -0.05) is 60.7 Å². The number of ketones is 1. The van der Waals surface area contributed by atoms with Crippen LogP contribution in [0.5, 0.6) is 5.75 Å². The molecule has 0 unspecified atom stereocenters. The smallest absolute Gasteiger partial charge is 0.265 e. The molecule has 6 heteroatoms. The van der Waals surface area contributed by atoms with Crippen LogP contribution in [0.25, 0.3) is 6.08 Å². The lowest BCUT2D eigenvalue weighted by Crippen LogP contribution is -2.14. The van der Waals surface area contributed by atoms with Gasteiger partial charge in [0.1, 0.15) is 10.6 Å². The highest BCUT2D eigenvalue weighted by Gasteiger charge is 2.20. The fraction of sp³-hybridized carbons (Fsp3) is 0.0455. The van der Waals surface area contributed by atoms with Crippen LogP contribution in [0.2, 0.25) is 0 Å². The fourth-order valence-corrected chi connectivity index (χ4v) is 3.86. The Labute approximate surface area is 164 Å². The zero-order valence-electron chi connectivity index (χ0n) is 15.2. The number of hydrogen-bond acceptors (Lipinski definition) is 4. The van der Waals surface area contributed by atoms with Gasteiger partial charge in [0.25, 0.3) is 10.0 Å². The topological polar surface area (TPSA) is 72.5 Å². The lowest BCUT2D eigenvalue weighted by Gasteiger charge is -2.12. The number of benzene rings is 3. The zero-order valence-corrected chi connectivity index (χ0v) is 16.0. The third-order valence-corrected chi connectivity index (χ3v) is 5.39. The maximum Gasteiger partial charge on any atom is 0.265 e. The van der Waals surface area contributed by atoms with E-state index in [4.69, 9.17) is 4.74 Å². The van der Waals surface area contributed by atoms with Crippen LogP contribution in [-0.2, 0) is 10.0 Å². The highest BCUT2D eigenvalue weighted by molar-refractivity contribution is 7.92. The minimum atomic E-state index is -3.86. The summed E-state index contributed by atoms with van der Waals surface area (Å²) in [7, 11) is -2.46. The van der Waals surface area contributed by atoms with Crippen molar-refractivity contribution in [1.29, 1.82) is 0 Å². The zero-order chi connectivity index (χ0) is 20.0. The summed E-state index contributed by atoms with van der Waals surface area (Å²) < 4.78 is 33.4. The molecule has 0 heterocycles. The molecule has 5 nitrogen and oxygen atoms in total. The Balaban J connectivity index is 1.90. The second-order valence-electron chi connectivity index (χ2n) is 5.95. The summed E-state index contributed by atoms with van der Waals surface area (Å²) in [5, 5.41) is 0. The Bertz CT molecular complexity index is 1090. The van der Waals surface area contributed by atoms with E-state index in [1.54, 1.807) is 72.8 Å². The van der Waals surface area contributed by atoms with Crippen molar-refractivity contribution in [3.63, 3.8) is 0 Å². The van der Waals surface area contributed by atoms with Gasteiger partial charge in [-0.15, -0.1) is 0 Å². The van der Waals surface area contributed by atoms with Crippen molar-refractivity contribution in [3.8, 4) is 5.75 Å². The Kier molecular flexibility index (Phi) is 5.91. The van der Waals surface area contributed by atoms with E-state index in [0.29, 0.717) is 16.8 Å². The Hall–Kier alpha value is -3.38. The molecule has 0 bridgehead atoms. The summed E-state index contributed by atoms with van der Waals surface area (Å²) >= 11 is 0. The van der Waals surface area contributed by atoms with Crippen LogP contribution in [-0.4, -0.2) is 21.3 Å². The largest absolute Gasteiger partial charge is 0.495 e. The van der Waals surface area contributed by atoms with Crippen LogP contribution in [0.3, 0.4) is 0 Å². The molecule has 0 radical (unpaired) electrons. The standard InChI is InChI=1S/C22H19NO4S/c1-27-21-15-13-17(12-14-20(24)18-8-4-2-5-9-18)16-22(21)28(25,26)23-19-10-6-3-7-11-19/h2-16,23H,1H3/b14-12+. The lowest BCUT2D eigenvalue weighted by atomic mass is 10.1. The molecule has 0 amide bonds. The predicted octanol–water partition coefficient (Wildman–Crippen LogP) is 4.39. The minimum Gasteiger partial charge on any atom is -0.495 e. The fourth-order valence-electron chi connectivity index (χ4n) is 2.59. The summed E-state index contributed by atoms with van der Waals surface area (Å²) in [5.74, 6) is 0.0539. The summed E-state index contributed by atoms with van der Waals surface area (Å²) in [5.41, 5.74) is 1.58. The average Bonchev–Trinajstić information content (AvgIpc) is 2.73. The quantitative estimate of drug-likeness (QED) is 0.477. The summed E-state index contributed by atoms with van der Waals surface area (Å²) in [6.07, 6.45) is 2.99. The first-order valence-corrected chi connectivity index (χ1v) is 10.0. The number of para-hydroxylation sites is 1. The van der Waals surface area contributed by atoms with Gasteiger partial charge in [0.05, 0.1) is 7.11 Å². The molecule has 3 aromatic carbocycles. The first-order chi connectivity index (χ1) is 13.5. The molecule has 3 aromatic rings. The van der Waals surface area contributed by atoms with Crippen molar-refractivity contribution in [2.75, 3.05) is 11.8 Å². The third-order valence-electron chi connectivity index (χ3n) is 3.99. The molecule has 0 aliphatic heterocycles. The highest BCUT2D eigenvalue weighted by Crippen LogP contribution is 2.27. The van der Waals surface area contributed by atoms with Gasteiger partial charge in [-0.25, -0.2) is 8.42 Å². The number of allylic oxidation sites excluding steroid dienone is 1. The van der Waals surface area contributed by atoms with E-state index in [-0.39, 0.29) is 16.4 Å². The second-order valence-corrected chi connectivity index (χ2v) is 7.60. The molecule has 0 fully saturated rings. The highest BCUT2D eigenvalue weighted by atomic mass is 32.2. The van der Waals surface area contributed by atoms with Crippen LogP contribution in [0.1, 0.15) is 15.9 Å². The van der Waals surface area contributed by atoms with E-state index < -0.39 is 10.0 Å². The molecule has 0 aliphatic carbocycles. The van der Waals surface area contributed by atoms with Gasteiger partial charge in [-0.2, -0.15) is 0 Å². The molecular formula is C22H19NO4S. The van der Waals surface area contributed by atoms with Gasteiger partial charge in [0, 0.05) is 11.3 Å². The molecule has 0 aliphatic rings. The molecule has 1 N–H and O–H groups in total. The van der Waals surface area contributed by atoms with Gasteiger partial charge in [0.15, 0.2) is 5.78 Å². The molecule has 142 valence electrons. The molecular weight excluding hydrogens is 374 g/mol. The van der Waals surface area contributed by atoms with Gasteiger partial charge in [-0.05, 0) is 35.9 Å². The average molecular weight is 393 g/mol. The normalized spacial score (nSPS) is 11.3. The van der Waals surface area contributed by atoms with E-state index in [1.165, 1.54) is 19.3 Å². The minimum absolute atomic E-state index is 0.00633. The van der Waals surface area contributed by atoms with Crippen molar-refractivity contribution in [3.05, 3.63) is 96.1 Å². The Morgan fingerprint density at radius 3 is 2.21 bits per heavy atom. The maximum atomic E-state index is 12.8. The molecule has 0 atom stereocenters. The van der Waals surface area contributed by atoms with Gasteiger partial charge < -0.3 is 4.74 Å². The summed E-state index contributed by atoms with van der Waals surface area (Å²) in [6.45, 7) is 0. The first kappa shape index (κ1) is 19.4. The van der Waals surface area contributed by atoms with Crippen molar-refractivity contribution in [2.24, 2.45) is 0 Å². The number of anilines is 1. The third kappa shape index (κ3) is 4.66. The number of nitrogens with one attached hydrogen (secondary N) is 1. The number of sulfonamides is 1. The number of carbonyl (C=O) groups excluding carboxylic acids is 1. The van der Waals surface area contributed by atoms with Gasteiger partial charge in [-0.3, -0.25) is 9.52 Å². The van der Waals surface area contributed by atoms with Crippen LogP contribution in [0.4, 0.5) is 5.69 Å². The Morgan fingerprint density at radius 1 is 0.929 bits per heavy atom. The number of hydrogen-bond donors (Lipinski definition) is 1. The van der Waals surface area contributed by atoms with Crippen molar-refractivity contribution < 1.29 is 17.9 Å². The lowest BCUT2D eigenvalue weighted by molar-refractivity contribution is 0.104. The number of ether oxygens (including phenoxy) is 1. The molecule has 0 saturated carbocycles. The second kappa shape index (κ2) is 8.54. The number of rotatable bonds is 7. The van der Waals surface area contributed by atoms with Gasteiger partial charge in [0.2, 0.25) is 0 Å². The predicted molar refractivity (Wildman–Crippen MR) is 110 cm³/mol. The molecule has 3 rings (SSSR count).